The minimum Gasteiger partial charge on any atom is -0.358 e. The summed E-state index contributed by atoms with van der Waals surface area (Å²) in [5.74, 6) is 2.21. The van der Waals surface area contributed by atoms with Crippen LogP contribution in [-0.4, -0.2) is 6.04 Å². The molecule has 0 rings (SSSR count). The second-order valence-electron chi connectivity index (χ2n) is 1.44. The van der Waals surface area contributed by atoms with Crippen LogP contribution in [0.3, 0.4) is 0 Å². The van der Waals surface area contributed by atoms with E-state index in [0.717, 1.165) is 0 Å². The smallest absolute Gasteiger partial charge is 0.358 e. The standard InChI is InChI=1S/C6H9N.Zn/c1-4-5(2)6(3)7;/h1,5-6H,2-3,7H2;/q-2;+2/t5-,6-;/m1./s1. The molecule has 0 aliphatic heterocycles. The largest absolute Gasteiger partial charge is 2.00 e. The summed E-state index contributed by atoms with van der Waals surface area (Å²) in [5.41, 5.74) is 5.23. The molecule has 0 saturated carbocycles. The van der Waals surface area contributed by atoms with E-state index in [1.807, 2.05) is 0 Å². The van der Waals surface area contributed by atoms with Gasteiger partial charge in [-0.2, -0.15) is 0 Å². The van der Waals surface area contributed by atoms with Gasteiger partial charge < -0.3 is 19.6 Å². The molecule has 2 atom stereocenters. The maximum atomic E-state index is 5.23. The van der Waals surface area contributed by atoms with Crippen LogP contribution in [0.2, 0.25) is 0 Å². The van der Waals surface area contributed by atoms with Crippen LogP contribution in [-0.2, 0) is 19.5 Å². The summed E-state index contributed by atoms with van der Waals surface area (Å²) in [6.07, 6.45) is 4.94. The summed E-state index contributed by atoms with van der Waals surface area (Å²) in [4.78, 5) is 0. The van der Waals surface area contributed by atoms with Gasteiger partial charge in [0.2, 0.25) is 0 Å². The third-order valence-corrected chi connectivity index (χ3v) is 0.731. The Hall–Kier alpha value is 0.143. The average molecular weight is 161 g/mol. The Labute approximate surface area is 63.8 Å². The summed E-state index contributed by atoms with van der Waals surface area (Å²) in [6, 6.07) is -0.231. The van der Waals surface area contributed by atoms with Crippen LogP contribution in [0.5, 0.6) is 0 Å². The van der Waals surface area contributed by atoms with Crippen molar-refractivity contribution in [2.75, 3.05) is 0 Å². The molecule has 0 amide bonds. The molecule has 0 aliphatic carbocycles. The van der Waals surface area contributed by atoms with E-state index in [-0.39, 0.29) is 31.4 Å². The van der Waals surface area contributed by atoms with Crippen LogP contribution in [0.4, 0.5) is 0 Å². The Balaban J connectivity index is 0. The molecule has 0 fully saturated rings. The van der Waals surface area contributed by atoms with Crippen LogP contribution in [0.25, 0.3) is 0 Å². The third-order valence-electron chi connectivity index (χ3n) is 0.731. The van der Waals surface area contributed by atoms with Gasteiger partial charge >= 0.3 is 19.5 Å². The van der Waals surface area contributed by atoms with E-state index in [0.29, 0.717) is 0 Å². The van der Waals surface area contributed by atoms with Gasteiger partial charge in [0.25, 0.3) is 0 Å². The molecular formula is C6H9NZn. The minimum absolute atomic E-state index is 0. The monoisotopic (exact) mass is 159 g/mol. The molecule has 0 radical (unpaired) electrons. The van der Waals surface area contributed by atoms with Crippen molar-refractivity contribution in [2.24, 2.45) is 11.7 Å². The molecule has 0 aromatic carbocycles. The van der Waals surface area contributed by atoms with Gasteiger partial charge in [0.05, 0.1) is 0 Å². The minimum atomic E-state index is -0.231. The molecule has 40 valence electrons. The number of rotatable bonds is 1. The molecule has 2 N–H and O–H groups in total. The van der Waals surface area contributed by atoms with Crippen molar-refractivity contribution in [1.82, 2.24) is 0 Å². The maximum absolute atomic E-state index is 5.23. The molecule has 0 spiro atoms. The van der Waals surface area contributed by atoms with E-state index in [1.54, 1.807) is 0 Å². The van der Waals surface area contributed by atoms with E-state index in [4.69, 9.17) is 12.2 Å². The van der Waals surface area contributed by atoms with Crippen molar-refractivity contribution in [3.63, 3.8) is 0 Å². The zero-order valence-corrected chi connectivity index (χ0v) is 7.90. The quantitative estimate of drug-likeness (QED) is 0.332. The van der Waals surface area contributed by atoms with Gasteiger partial charge in [0, 0.05) is 0 Å². The normalized spacial score (nSPS) is 15.2. The van der Waals surface area contributed by atoms with Crippen LogP contribution in [0.15, 0.2) is 0 Å². The maximum Gasteiger partial charge on any atom is 2.00 e. The van der Waals surface area contributed by atoms with Gasteiger partial charge in [-0.05, 0) is 0 Å². The zero-order chi connectivity index (χ0) is 5.86. The summed E-state index contributed by atoms with van der Waals surface area (Å²) in [5, 5.41) is 0. The van der Waals surface area contributed by atoms with Gasteiger partial charge in [-0.1, -0.05) is 0 Å². The summed E-state index contributed by atoms with van der Waals surface area (Å²) < 4.78 is 0. The van der Waals surface area contributed by atoms with E-state index in [2.05, 4.69) is 19.8 Å². The van der Waals surface area contributed by atoms with Gasteiger partial charge in [0.15, 0.2) is 0 Å². The van der Waals surface area contributed by atoms with Crippen LogP contribution < -0.4 is 5.73 Å². The first-order chi connectivity index (χ1) is 3.18. The Morgan fingerprint density at radius 1 is 1.50 bits per heavy atom. The SMILES string of the molecule is C#C[C@@H]([CH2-])[C@@H]([CH2-])N.[Zn+2]. The van der Waals surface area contributed by atoms with Gasteiger partial charge in [0.1, 0.15) is 0 Å². The molecule has 0 aliphatic rings. The fourth-order valence-electron chi connectivity index (χ4n) is 0.124. The second kappa shape index (κ2) is 5.28. The van der Waals surface area contributed by atoms with E-state index in [1.165, 1.54) is 0 Å². The van der Waals surface area contributed by atoms with Crippen LogP contribution in [0, 0.1) is 32.1 Å². The van der Waals surface area contributed by atoms with E-state index in [9.17, 15) is 0 Å². The van der Waals surface area contributed by atoms with Crippen molar-refractivity contribution >= 4 is 0 Å². The molecule has 0 bridgehead atoms. The van der Waals surface area contributed by atoms with Crippen molar-refractivity contribution in [3.8, 4) is 12.3 Å². The fourth-order valence-corrected chi connectivity index (χ4v) is 0.124. The van der Waals surface area contributed by atoms with Crippen molar-refractivity contribution in [1.29, 1.82) is 0 Å². The second-order valence-corrected chi connectivity index (χ2v) is 1.44. The molecule has 0 heterocycles. The Bertz CT molecular complexity index is 83.0. The number of nitrogens with two attached hydrogens (primary N) is 1. The summed E-state index contributed by atoms with van der Waals surface area (Å²) >= 11 is 0. The molecule has 0 aromatic heterocycles. The van der Waals surface area contributed by atoms with Crippen molar-refractivity contribution in [3.05, 3.63) is 13.8 Å². The summed E-state index contributed by atoms with van der Waals surface area (Å²) in [7, 11) is 0. The topological polar surface area (TPSA) is 26.0 Å². The van der Waals surface area contributed by atoms with Gasteiger partial charge in [-0.3, -0.25) is 0 Å². The van der Waals surface area contributed by atoms with Crippen LogP contribution in [0.1, 0.15) is 0 Å². The fraction of sp³-hybridized carbons (Fsp3) is 0.333. The molecule has 0 unspecified atom stereocenters. The molecule has 0 saturated heterocycles. The molecule has 2 heteroatoms. The molecule has 1 nitrogen and oxygen atoms in total. The number of hydrogen-bond donors (Lipinski definition) is 1. The predicted molar refractivity (Wildman–Crippen MR) is 31.0 cm³/mol. The van der Waals surface area contributed by atoms with E-state index < -0.39 is 0 Å². The van der Waals surface area contributed by atoms with E-state index >= 15 is 0 Å². The zero-order valence-electron chi connectivity index (χ0n) is 4.93. The summed E-state index contributed by atoms with van der Waals surface area (Å²) in [6.45, 7) is 7.01. The third kappa shape index (κ3) is 4.31. The molecular weight excluding hydrogens is 151 g/mol. The Kier molecular flexibility index (Phi) is 7.27. The van der Waals surface area contributed by atoms with Crippen LogP contribution >= 0.6 is 0 Å². The Morgan fingerprint density at radius 3 is 1.88 bits per heavy atom. The number of hydrogen-bond acceptors (Lipinski definition) is 1. The molecule has 8 heavy (non-hydrogen) atoms. The van der Waals surface area contributed by atoms with Gasteiger partial charge in [-0.15, -0.1) is 24.3 Å². The Morgan fingerprint density at radius 2 is 1.88 bits per heavy atom. The first-order valence-corrected chi connectivity index (χ1v) is 2.06. The van der Waals surface area contributed by atoms with Gasteiger partial charge in [-0.25, -0.2) is 0 Å². The molecule has 0 aromatic rings. The van der Waals surface area contributed by atoms with Crippen molar-refractivity contribution in [2.45, 2.75) is 6.04 Å². The first kappa shape index (κ1) is 11.0. The average Bonchev–Trinajstić information content (AvgIpc) is 1.65. The predicted octanol–water partition coefficient (Wildman–Crippen LogP) is 0.229. The number of terminal acetylenes is 1. The first-order valence-electron chi connectivity index (χ1n) is 2.06. The van der Waals surface area contributed by atoms with Crippen molar-refractivity contribution < 1.29 is 19.5 Å².